The van der Waals surface area contributed by atoms with Crippen LogP contribution in [0.25, 0.3) is 28.3 Å². The second-order valence-electron chi connectivity index (χ2n) is 9.62. The first-order valence-corrected chi connectivity index (χ1v) is 13.7. The number of rotatable bonds is 5. The first-order valence-electron chi connectivity index (χ1n) is 11.8. The Morgan fingerprint density at radius 1 is 1.14 bits per heavy atom. The number of carbonyl (C=O) groups is 1. The number of Topliss-reactive ketones (excluding diaryl/α,β-unsaturated/α-hetero) is 1. The quantitative estimate of drug-likeness (QED) is 0.392. The largest absolute Gasteiger partial charge is 0.383 e. The number of imidazole rings is 1. The normalized spacial score (nSPS) is 22.3. The number of nitrogen functional groups attached to an aromatic ring is 1. The summed E-state index contributed by atoms with van der Waals surface area (Å²) in [5, 5.41) is 4.43. The number of nitrogens with zero attached hydrogens (tertiary/aromatic N) is 6. The molecule has 2 aliphatic heterocycles. The van der Waals surface area contributed by atoms with E-state index in [9.17, 15) is 13.2 Å². The number of pyridine rings is 1. The summed E-state index contributed by atoms with van der Waals surface area (Å²) in [6, 6.07) is 3.60. The third-order valence-corrected chi connectivity index (χ3v) is 8.68. The van der Waals surface area contributed by atoms with Gasteiger partial charge in [0.2, 0.25) is 10.0 Å². The van der Waals surface area contributed by atoms with E-state index in [0.29, 0.717) is 41.3 Å². The number of ketones is 1. The maximum absolute atomic E-state index is 12.7. The fourth-order valence-electron chi connectivity index (χ4n) is 5.89. The number of H-pyrrole nitrogens is 1. The minimum Gasteiger partial charge on any atom is -0.383 e. The lowest BCUT2D eigenvalue weighted by Gasteiger charge is -2.37. The molecule has 0 radical (unpaired) electrons. The molecule has 3 N–H and O–H groups in total. The molecular weight excluding hydrogens is 480 g/mol. The number of anilines is 1. The summed E-state index contributed by atoms with van der Waals surface area (Å²) in [4.78, 5) is 29.5. The van der Waals surface area contributed by atoms with Crippen molar-refractivity contribution < 1.29 is 13.2 Å². The summed E-state index contributed by atoms with van der Waals surface area (Å²) in [5.74, 6) is 0.657. The molecule has 36 heavy (non-hydrogen) atoms. The van der Waals surface area contributed by atoms with E-state index >= 15 is 0 Å². The van der Waals surface area contributed by atoms with E-state index in [4.69, 9.17) is 10.7 Å². The molecule has 11 nitrogen and oxygen atoms in total. The molecule has 2 aliphatic rings. The van der Waals surface area contributed by atoms with Gasteiger partial charge in [-0.2, -0.15) is 13.9 Å². The number of carbonyl (C=O) groups excluding carboxylic acids is 1. The molecule has 2 bridgehead atoms. The average molecular weight is 507 g/mol. The molecule has 2 unspecified atom stereocenters. The van der Waals surface area contributed by atoms with Gasteiger partial charge in [0.25, 0.3) is 0 Å². The van der Waals surface area contributed by atoms with E-state index in [1.165, 1.54) is 17.7 Å². The number of piperidine rings is 1. The fraction of sp³-hybridized carbons (Fsp3) is 0.375. The number of hydrogen-bond acceptors (Lipinski definition) is 8. The molecule has 4 aromatic rings. The zero-order chi connectivity index (χ0) is 25.2. The van der Waals surface area contributed by atoms with Gasteiger partial charge in [-0.05, 0) is 38.7 Å². The molecule has 2 saturated heterocycles. The van der Waals surface area contributed by atoms with Crippen LogP contribution in [0.5, 0.6) is 0 Å². The molecule has 0 saturated carbocycles. The van der Waals surface area contributed by atoms with Crippen molar-refractivity contribution in [3.63, 3.8) is 0 Å². The Labute approximate surface area is 207 Å². The molecule has 4 aromatic heterocycles. The van der Waals surface area contributed by atoms with E-state index in [0.717, 1.165) is 24.0 Å². The van der Waals surface area contributed by atoms with Crippen LogP contribution in [0, 0.1) is 0 Å². The maximum Gasteiger partial charge on any atom is 0.211 e. The molecule has 0 spiro atoms. The number of nitrogens with one attached hydrogen (secondary N) is 1. The van der Waals surface area contributed by atoms with Crippen LogP contribution in [0.3, 0.4) is 0 Å². The predicted molar refractivity (Wildman–Crippen MR) is 134 cm³/mol. The number of aromatic nitrogens is 6. The molecule has 0 aromatic carbocycles. The van der Waals surface area contributed by atoms with Gasteiger partial charge in [0.1, 0.15) is 11.5 Å². The Balaban J connectivity index is 1.43. The molecular formula is C24H26N8O3S. The highest BCUT2D eigenvalue weighted by Gasteiger charge is 2.46. The smallest absolute Gasteiger partial charge is 0.211 e. The van der Waals surface area contributed by atoms with E-state index in [1.807, 2.05) is 12.1 Å². The van der Waals surface area contributed by atoms with E-state index in [-0.39, 0.29) is 29.6 Å². The zero-order valence-electron chi connectivity index (χ0n) is 19.9. The molecule has 2 atom stereocenters. The van der Waals surface area contributed by atoms with Crippen molar-refractivity contribution in [2.24, 2.45) is 0 Å². The lowest BCUT2D eigenvalue weighted by Crippen LogP contribution is -2.45. The van der Waals surface area contributed by atoms with Gasteiger partial charge in [-0.3, -0.25) is 9.78 Å². The number of fused-ring (bicyclic) bond motifs is 3. The van der Waals surface area contributed by atoms with Gasteiger partial charge in [-0.1, -0.05) is 6.07 Å². The van der Waals surface area contributed by atoms with Gasteiger partial charge < -0.3 is 10.7 Å². The van der Waals surface area contributed by atoms with Crippen LogP contribution in [0.15, 0.2) is 36.9 Å². The van der Waals surface area contributed by atoms with Crippen molar-refractivity contribution in [3.05, 3.63) is 48.2 Å². The summed E-state index contributed by atoms with van der Waals surface area (Å²) in [6.45, 7) is 1.48. The van der Waals surface area contributed by atoms with Gasteiger partial charge in [-0.15, -0.1) is 0 Å². The Morgan fingerprint density at radius 3 is 2.47 bits per heavy atom. The van der Waals surface area contributed by atoms with E-state index < -0.39 is 10.0 Å². The summed E-state index contributed by atoms with van der Waals surface area (Å²) >= 11 is 0. The maximum atomic E-state index is 12.7. The number of aromatic amines is 1. The topological polar surface area (TPSA) is 152 Å². The highest BCUT2D eigenvalue weighted by molar-refractivity contribution is 7.88. The highest BCUT2D eigenvalue weighted by atomic mass is 32.2. The van der Waals surface area contributed by atoms with Crippen LogP contribution in [0.2, 0.25) is 0 Å². The Bertz CT molecular complexity index is 1560. The van der Waals surface area contributed by atoms with Crippen molar-refractivity contribution in [2.75, 3.05) is 12.0 Å². The summed E-state index contributed by atoms with van der Waals surface area (Å²) in [5.41, 5.74) is 10.3. The van der Waals surface area contributed by atoms with Gasteiger partial charge in [-0.25, -0.2) is 18.4 Å². The minimum absolute atomic E-state index is 0.0751. The summed E-state index contributed by atoms with van der Waals surface area (Å²) in [7, 11) is -3.30. The van der Waals surface area contributed by atoms with Crippen LogP contribution in [0.4, 0.5) is 5.82 Å². The third kappa shape index (κ3) is 3.59. The number of sulfonamides is 1. The van der Waals surface area contributed by atoms with Crippen molar-refractivity contribution in [1.29, 1.82) is 0 Å². The summed E-state index contributed by atoms with van der Waals surface area (Å²) < 4.78 is 27.9. The lowest BCUT2D eigenvalue weighted by atomic mass is 9.86. The first kappa shape index (κ1) is 22.8. The molecule has 12 heteroatoms. The molecule has 0 aliphatic carbocycles. The van der Waals surface area contributed by atoms with Gasteiger partial charge in [0.05, 0.1) is 23.7 Å². The van der Waals surface area contributed by atoms with Crippen LogP contribution in [-0.4, -0.2) is 66.4 Å². The monoisotopic (exact) mass is 506 g/mol. The second-order valence-corrected chi connectivity index (χ2v) is 11.5. The van der Waals surface area contributed by atoms with Crippen LogP contribution < -0.4 is 5.73 Å². The number of hydrogen-bond donors (Lipinski definition) is 2. The SMILES string of the molecule is CC(=O)c1c(C2CC3CCC(C2)N3S(C)(=O)=O)nc2c(-c3ccc(-c4ncc[nH]4)nc3)cnn2c1N. The van der Waals surface area contributed by atoms with Gasteiger partial charge >= 0.3 is 0 Å². The fourth-order valence-corrected chi connectivity index (χ4v) is 7.36. The Morgan fingerprint density at radius 2 is 1.89 bits per heavy atom. The lowest BCUT2D eigenvalue weighted by molar-refractivity contribution is 0.101. The third-order valence-electron chi connectivity index (χ3n) is 7.31. The van der Waals surface area contributed by atoms with E-state index in [1.54, 1.807) is 29.1 Å². The van der Waals surface area contributed by atoms with Crippen LogP contribution in [0.1, 0.15) is 54.6 Å². The zero-order valence-corrected chi connectivity index (χ0v) is 20.7. The molecule has 186 valence electrons. The number of nitrogens with two attached hydrogens (primary N) is 1. The minimum atomic E-state index is -3.30. The molecule has 0 amide bonds. The van der Waals surface area contributed by atoms with Crippen LogP contribution in [-0.2, 0) is 10.0 Å². The van der Waals surface area contributed by atoms with Gasteiger partial charge in [0, 0.05) is 47.7 Å². The van der Waals surface area contributed by atoms with E-state index in [2.05, 4.69) is 20.1 Å². The highest BCUT2D eigenvalue weighted by Crippen LogP contribution is 2.45. The van der Waals surface area contributed by atoms with Crippen molar-refractivity contribution in [1.82, 2.24) is 33.9 Å². The molecule has 6 rings (SSSR count). The molecule has 6 heterocycles. The van der Waals surface area contributed by atoms with Crippen molar-refractivity contribution in [2.45, 2.75) is 50.6 Å². The Kier molecular flexibility index (Phi) is 5.20. The van der Waals surface area contributed by atoms with Gasteiger partial charge in [0.15, 0.2) is 17.3 Å². The summed E-state index contributed by atoms with van der Waals surface area (Å²) in [6.07, 6.45) is 10.9. The Hall–Kier alpha value is -3.64. The first-order chi connectivity index (χ1) is 17.2. The standard InChI is InChI=1S/C24H26N8O3S/c1-13(33)20-21(15-9-16-4-5-17(10-15)32(16)36(2,34)35)30-24-18(12-29-31(24)22(20)25)14-3-6-19(28-11-14)23-26-7-8-27-23/h3,6-8,11-12,15-17H,4-5,9-10,25H2,1-2H3,(H,26,27). The van der Waals surface area contributed by atoms with Crippen molar-refractivity contribution in [3.8, 4) is 22.6 Å². The average Bonchev–Trinajstić information content (AvgIpc) is 3.57. The molecule has 2 fully saturated rings. The van der Waals surface area contributed by atoms with Crippen LogP contribution >= 0.6 is 0 Å². The van der Waals surface area contributed by atoms with Crippen molar-refractivity contribution >= 4 is 27.3 Å². The predicted octanol–water partition coefficient (Wildman–Crippen LogP) is 2.64. The second kappa shape index (κ2) is 8.20.